The lowest BCUT2D eigenvalue weighted by Gasteiger charge is -2.21. The maximum Gasteiger partial charge on any atom is 0.472 e. The molecule has 0 bridgehead atoms. The summed E-state index contributed by atoms with van der Waals surface area (Å²) >= 11 is 0. The van der Waals surface area contributed by atoms with Crippen molar-refractivity contribution in [1.29, 1.82) is 0 Å². The fourth-order valence-corrected chi connectivity index (χ4v) is 12.3. The molecule has 0 aliphatic heterocycles. The van der Waals surface area contributed by atoms with Crippen LogP contribution in [0.2, 0.25) is 0 Å². The molecule has 0 aliphatic rings. The zero-order chi connectivity index (χ0) is 65.4. The van der Waals surface area contributed by atoms with Gasteiger partial charge in [-0.1, -0.05) is 317 Å². The molecule has 2 unspecified atom stereocenters. The van der Waals surface area contributed by atoms with Crippen LogP contribution in [0.1, 0.15) is 368 Å². The Balaban J connectivity index is 5.12. The summed E-state index contributed by atoms with van der Waals surface area (Å²) in [6.07, 6.45) is 53.2. The second kappa shape index (κ2) is 64.8. The van der Waals surface area contributed by atoms with Gasteiger partial charge in [-0.3, -0.25) is 37.3 Å². The molecule has 0 aliphatic carbocycles. The summed E-state index contributed by atoms with van der Waals surface area (Å²) in [5.74, 6) is -2.13. The summed E-state index contributed by atoms with van der Waals surface area (Å²) in [6.45, 7) is 4.85. The molecule has 5 atom stereocenters. The zero-order valence-electron chi connectivity index (χ0n) is 57.4. The first-order valence-corrected chi connectivity index (χ1v) is 39.8. The van der Waals surface area contributed by atoms with Crippen molar-refractivity contribution in [2.24, 2.45) is 0 Å². The lowest BCUT2D eigenvalue weighted by Crippen LogP contribution is -2.30. The van der Waals surface area contributed by atoms with Crippen LogP contribution in [-0.4, -0.2) is 96.7 Å². The second-order valence-corrected chi connectivity index (χ2v) is 28.2. The van der Waals surface area contributed by atoms with Crippen LogP contribution in [0.4, 0.5) is 0 Å². The average Bonchev–Trinajstić information content (AvgIpc) is 3.73. The molecular formula is C70H136O17P2. The quantitative estimate of drug-likeness (QED) is 0.0222. The van der Waals surface area contributed by atoms with Crippen LogP contribution in [-0.2, 0) is 65.4 Å². The van der Waals surface area contributed by atoms with Gasteiger partial charge in [-0.15, -0.1) is 0 Å². The van der Waals surface area contributed by atoms with Gasteiger partial charge in [-0.05, 0) is 25.7 Å². The van der Waals surface area contributed by atoms with E-state index in [0.717, 1.165) is 96.3 Å². The topological polar surface area (TPSA) is 237 Å². The van der Waals surface area contributed by atoms with Crippen LogP contribution in [0, 0.1) is 0 Å². The smallest absolute Gasteiger partial charge is 0.462 e. The monoisotopic (exact) mass is 1310 g/mol. The number of ether oxygens (including phenoxy) is 4. The number of hydrogen-bond donors (Lipinski definition) is 3. The van der Waals surface area contributed by atoms with E-state index in [4.69, 9.17) is 37.0 Å². The lowest BCUT2D eigenvalue weighted by atomic mass is 10.0. The van der Waals surface area contributed by atoms with E-state index in [1.165, 1.54) is 193 Å². The molecule has 0 saturated heterocycles. The molecule has 89 heavy (non-hydrogen) atoms. The third-order valence-electron chi connectivity index (χ3n) is 16.4. The van der Waals surface area contributed by atoms with Gasteiger partial charge >= 0.3 is 39.5 Å². The van der Waals surface area contributed by atoms with E-state index in [2.05, 4.69) is 27.7 Å². The van der Waals surface area contributed by atoms with Crippen LogP contribution in [0.15, 0.2) is 0 Å². The van der Waals surface area contributed by atoms with Crippen LogP contribution in [0.3, 0.4) is 0 Å². The molecular weight excluding hydrogens is 1170 g/mol. The van der Waals surface area contributed by atoms with Gasteiger partial charge in [0, 0.05) is 25.7 Å². The van der Waals surface area contributed by atoms with Crippen molar-refractivity contribution in [3.05, 3.63) is 0 Å². The minimum atomic E-state index is -4.95. The molecule has 0 amide bonds. The van der Waals surface area contributed by atoms with E-state index in [1.807, 2.05) is 0 Å². The molecule has 0 aromatic carbocycles. The first kappa shape index (κ1) is 87.1. The Labute approximate surface area is 543 Å². The number of unbranched alkanes of at least 4 members (excludes halogenated alkanes) is 45. The van der Waals surface area contributed by atoms with Crippen molar-refractivity contribution in [2.75, 3.05) is 39.6 Å². The third-order valence-corrected chi connectivity index (χ3v) is 18.3. The number of rotatable bonds is 71. The first-order valence-electron chi connectivity index (χ1n) is 36.8. The highest BCUT2D eigenvalue weighted by Crippen LogP contribution is 2.45. The molecule has 0 radical (unpaired) electrons. The van der Waals surface area contributed by atoms with Gasteiger partial charge in [0.15, 0.2) is 12.2 Å². The highest BCUT2D eigenvalue weighted by atomic mass is 31.2. The number of aliphatic hydroxyl groups is 1. The number of carbonyl (C=O) groups is 4. The maximum absolute atomic E-state index is 13.0. The molecule has 0 spiro atoms. The summed E-state index contributed by atoms with van der Waals surface area (Å²) < 4.78 is 68.0. The molecule has 0 saturated carbocycles. The minimum absolute atomic E-state index is 0.106. The van der Waals surface area contributed by atoms with Gasteiger partial charge in [-0.25, -0.2) is 9.13 Å². The molecule has 0 aromatic rings. The summed E-state index contributed by atoms with van der Waals surface area (Å²) in [7, 11) is -9.88. The number of carbonyl (C=O) groups excluding carboxylic acids is 4. The van der Waals surface area contributed by atoms with E-state index in [1.54, 1.807) is 0 Å². The van der Waals surface area contributed by atoms with Crippen molar-refractivity contribution in [3.63, 3.8) is 0 Å². The van der Waals surface area contributed by atoms with Gasteiger partial charge in [0.1, 0.15) is 19.3 Å². The van der Waals surface area contributed by atoms with Gasteiger partial charge in [-0.2, -0.15) is 0 Å². The van der Waals surface area contributed by atoms with Crippen molar-refractivity contribution in [3.8, 4) is 0 Å². The van der Waals surface area contributed by atoms with Crippen LogP contribution >= 0.6 is 15.6 Å². The van der Waals surface area contributed by atoms with Gasteiger partial charge < -0.3 is 33.8 Å². The van der Waals surface area contributed by atoms with E-state index >= 15 is 0 Å². The summed E-state index contributed by atoms with van der Waals surface area (Å²) in [5, 5.41) is 10.5. The molecule has 0 rings (SSSR count). The zero-order valence-corrected chi connectivity index (χ0v) is 59.2. The Kier molecular flexibility index (Phi) is 63.3. The van der Waals surface area contributed by atoms with Crippen LogP contribution < -0.4 is 0 Å². The number of phosphoric acid groups is 2. The predicted molar refractivity (Wildman–Crippen MR) is 359 cm³/mol. The number of esters is 4. The standard InChI is InChI=1S/C70H136O17P2/c1-5-9-13-17-20-23-26-28-30-31-32-33-34-35-37-39-42-45-49-53-57-70(75)87-66(61-81-68(73)55-51-47-43-41-38-36-29-27-24-21-18-14-10-6-2)63-85-89(78,79)83-59-64(71)58-82-88(76,77)84-62-65(60-80-67(72)54-50-46-16-12-8-4)86-69(74)56-52-48-44-40-25-22-19-15-11-7-3/h64-66,71H,5-63H2,1-4H3,(H,76,77)(H,78,79)/t64-,65+,66+/m0/s1. The number of phosphoric ester groups is 2. The predicted octanol–water partition coefficient (Wildman–Crippen LogP) is 20.3. The Morgan fingerprint density at radius 3 is 0.663 bits per heavy atom. The first-order chi connectivity index (χ1) is 43.2. The highest BCUT2D eigenvalue weighted by Gasteiger charge is 2.30. The SMILES string of the molecule is CCCCCCCCCCCCCCCCCCCCCCC(=O)O[C@H](COC(=O)CCCCCCCCCCCCCCCC)COP(=O)(O)OC[C@@H](O)COP(=O)(O)OC[C@@H](COC(=O)CCCCCCC)OC(=O)CCCCCCCCCCCC. The third kappa shape index (κ3) is 64.6. The van der Waals surface area contributed by atoms with Crippen molar-refractivity contribution in [1.82, 2.24) is 0 Å². The largest absolute Gasteiger partial charge is 0.472 e. The van der Waals surface area contributed by atoms with Crippen molar-refractivity contribution >= 4 is 39.5 Å². The van der Waals surface area contributed by atoms with Crippen LogP contribution in [0.25, 0.3) is 0 Å². The fourth-order valence-electron chi connectivity index (χ4n) is 10.7. The molecule has 19 heteroatoms. The lowest BCUT2D eigenvalue weighted by molar-refractivity contribution is -0.161. The molecule has 0 aromatic heterocycles. The highest BCUT2D eigenvalue weighted by molar-refractivity contribution is 7.47. The minimum Gasteiger partial charge on any atom is -0.462 e. The number of aliphatic hydroxyl groups excluding tert-OH is 1. The summed E-state index contributed by atoms with van der Waals surface area (Å²) in [4.78, 5) is 72.2. The molecule has 0 heterocycles. The van der Waals surface area contributed by atoms with Crippen molar-refractivity contribution in [2.45, 2.75) is 386 Å². The second-order valence-electron chi connectivity index (χ2n) is 25.3. The Morgan fingerprint density at radius 2 is 0.449 bits per heavy atom. The normalized spacial score (nSPS) is 14.0. The average molecular weight is 1310 g/mol. The van der Waals surface area contributed by atoms with E-state index in [9.17, 15) is 43.2 Å². The van der Waals surface area contributed by atoms with Crippen LogP contribution in [0.5, 0.6) is 0 Å². The van der Waals surface area contributed by atoms with E-state index in [-0.39, 0.29) is 25.7 Å². The van der Waals surface area contributed by atoms with Gasteiger partial charge in [0.25, 0.3) is 0 Å². The maximum atomic E-state index is 13.0. The van der Waals surface area contributed by atoms with E-state index < -0.39 is 97.5 Å². The molecule has 0 fully saturated rings. The number of hydrogen-bond acceptors (Lipinski definition) is 15. The molecule has 528 valence electrons. The van der Waals surface area contributed by atoms with Gasteiger partial charge in [0.2, 0.25) is 0 Å². The molecule has 17 nitrogen and oxygen atoms in total. The molecule has 3 N–H and O–H groups in total. The Hall–Kier alpha value is -1.94. The van der Waals surface area contributed by atoms with Crippen molar-refractivity contribution < 1.29 is 80.2 Å². The Bertz CT molecular complexity index is 1710. The summed E-state index contributed by atoms with van der Waals surface area (Å²) in [5.41, 5.74) is 0. The fraction of sp³-hybridized carbons (Fsp3) is 0.943. The summed E-state index contributed by atoms with van der Waals surface area (Å²) in [6, 6.07) is 0. The van der Waals surface area contributed by atoms with E-state index in [0.29, 0.717) is 25.7 Å². The van der Waals surface area contributed by atoms with Gasteiger partial charge in [0.05, 0.1) is 26.4 Å². The Morgan fingerprint density at radius 1 is 0.270 bits per heavy atom.